The summed E-state index contributed by atoms with van der Waals surface area (Å²) in [5.41, 5.74) is 1.65. The largest absolute Gasteiger partial charge is 0.489 e. The number of aromatic nitrogens is 1. The number of carbonyl (C=O) groups excluding carboxylic acids is 1. The predicted octanol–water partition coefficient (Wildman–Crippen LogP) is 3.75. The van der Waals surface area contributed by atoms with E-state index in [-0.39, 0.29) is 24.3 Å². The van der Waals surface area contributed by atoms with Crippen LogP contribution in [0, 0.1) is 0 Å². The van der Waals surface area contributed by atoms with Crippen molar-refractivity contribution in [2.45, 2.75) is 25.3 Å². The minimum atomic E-state index is -0.486. The molecule has 0 spiro atoms. The monoisotopic (exact) mass is 503 g/mol. The molecule has 0 radical (unpaired) electrons. The number of rotatable bonds is 12. The van der Waals surface area contributed by atoms with Gasteiger partial charge < -0.3 is 24.1 Å². The van der Waals surface area contributed by atoms with Gasteiger partial charge in [-0.3, -0.25) is 9.69 Å². The molecule has 0 bridgehead atoms. The summed E-state index contributed by atoms with van der Waals surface area (Å²) in [5, 5.41) is 3.91. The molecule has 2 atom stereocenters. The van der Waals surface area contributed by atoms with Gasteiger partial charge in [0.2, 0.25) is 0 Å². The first-order valence-electron chi connectivity index (χ1n) is 12.4. The third-order valence-corrected chi connectivity index (χ3v) is 6.26. The van der Waals surface area contributed by atoms with Crippen LogP contribution >= 0.6 is 0 Å². The molecule has 0 aliphatic carbocycles. The van der Waals surface area contributed by atoms with E-state index >= 15 is 0 Å². The maximum Gasteiger partial charge on any atom is 0.407 e. The Labute approximate surface area is 216 Å². The number of nitrogens with zero attached hydrogens (tertiary/aromatic N) is 2. The van der Waals surface area contributed by atoms with E-state index in [9.17, 15) is 9.59 Å². The van der Waals surface area contributed by atoms with Crippen LogP contribution in [0.3, 0.4) is 0 Å². The molecule has 1 aromatic heterocycles. The molecule has 1 amide bonds. The molecule has 8 heteroatoms. The molecule has 1 aliphatic heterocycles. The Morgan fingerprint density at radius 2 is 1.78 bits per heavy atom. The van der Waals surface area contributed by atoms with Gasteiger partial charge in [0, 0.05) is 38.3 Å². The lowest BCUT2D eigenvalue weighted by Gasteiger charge is -2.19. The van der Waals surface area contributed by atoms with Crippen LogP contribution in [0.1, 0.15) is 5.56 Å². The van der Waals surface area contributed by atoms with Crippen LogP contribution in [0.2, 0.25) is 0 Å². The van der Waals surface area contributed by atoms with Crippen LogP contribution in [0.15, 0.2) is 90.8 Å². The highest BCUT2D eigenvalue weighted by Gasteiger charge is 2.34. The maximum absolute atomic E-state index is 12.7. The highest BCUT2D eigenvalue weighted by atomic mass is 16.5. The molecular formula is C29H33N3O5. The second kappa shape index (κ2) is 12.9. The second-order valence-corrected chi connectivity index (χ2v) is 8.88. The molecule has 194 valence electrons. The van der Waals surface area contributed by atoms with Gasteiger partial charge in [0.25, 0.3) is 5.56 Å². The predicted molar refractivity (Wildman–Crippen MR) is 144 cm³/mol. The highest BCUT2D eigenvalue weighted by molar-refractivity contribution is 5.80. The van der Waals surface area contributed by atoms with Gasteiger partial charge >= 0.3 is 6.09 Å². The fourth-order valence-corrected chi connectivity index (χ4v) is 4.43. The molecule has 1 saturated heterocycles. The number of pyridine rings is 1. The molecule has 1 aliphatic rings. The Kier molecular flexibility index (Phi) is 9.13. The molecule has 8 nitrogen and oxygen atoms in total. The Balaban J connectivity index is 1.40. The third kappa shape index (κ3) is 7.09. The zero-order chi connectivity index (χ0) is 26.0. The van der Waals surface area contributed by atoms with Crippen molar-refractivity contribution in [3.63, 3.8) is 0 Å². The molecular weight excluding hydrogens is 470 g/mol. The average molecular weight is 504 g/mol. The summed E-state index contributed by atoms with van der Waals surface area (Å²) in [4.78, 5) is 27.4. The number of fused-ring (bicyclic) bond motifs is 1. The van der Waals surface area contributed by atoms with Gasteiger partial charge in [-0.05, 0) is 29.1 Å². The summed E-state index contributed by atoms with van der Waals surface area (Å²) in [5.74, 6) is 0.684. The van der Waals surface area contributed by atoms with Crippen molar-refractivity contribution in [3.8, 4) is 5.75 Å². The topological polar surface area (TPSA) is 82.0 Å². The number of nitrogens with one attached hydrogen (secondary N) is 1. The Hall–Kier alpha value is -3.88. The van der Waals surface area contributed by atoms with Crippen LogP contribution in [0.5, 0.6) is 5.75 Å². The number of carbonyl (C=O) groups is 1. The Morgan fingerprint density at radius 3 is 2.57 bits per heavy atom. The van der Waals surface area contributed by atoms with E-state index in [1.54, 1.807) is 22.8 Å². The van der Waals surface area contributed by atoms with Crippen LogP contribution in [-0.4, -0.2) is 60.6 Å². The van der Waals surface area contributed by atoms with E-state index in [4.69, 9.17) is 14.2 Å². The summed E-state index contributed by atoms with van der Waals surface area (Å²) >= 11 is 0. The summed E-state index contributed by atoms with van der Waals surface area (Å²) in [6.45, 7) is 10.7. The molecule has 0 saturated carbocycles. The maximum atomic E-state index is 12.7. The standard InChI is InChI=1S/C29H33N3O5/c1-3-16-35-24-12-10-23-11-13-28(33)32(26(23)18-24)15-14-31-19-25(27(20-31)36-17-4-2)30-29(34)37-21-22-8-6-5-7-9-22/h3-13,18,25,27H,1-2,14-17,19-21H2,(H,30,34)/t25-,27-/m1/s1. The van der Waals surface area contributed by atoms with Crippen LogP contribution < -0.4 is 15.6 Å². The van der Waals surface area contributed by atoms with Crippen LogP contribution in [0.4, 0.5) is 4.79 Å². The lowest BCUT2D eigenvalue weighted by molar-refractivity contribution is 0.0598. The fraction of sp³-hybridized carbons (Fsp3) is 0.310. The molecule has 4 rings (SSSR count). The zero-order valence-corrected chi connectivity index (χ0v) is 20.9. The first kappa shape index (κ1) is 26.2. The van der Waals surface area contributed by atoms with Crippen molar-refractivity contribution < 1.29 is 19.0 Å². The van der Waals surface area contributed by atoms with Gasteiger partial charge in [-0.25, -0.2) is 4.79 Å². The molecule has 2 heterocycles. The minimum absolute atomic E-state index is 0.0776. The first-order chi connectivity index (χ1) is 18.1. The smallest absolute Gasteiger partial charge is 0.407 e. The number of ether oxygens (including phenoxy) is 3. The van der Waals surface area contributed by atoms with Gasteiger partial charge in [-0.15, -0.1) is 6.58 Å². The molecule has 2 aromatic carbocycles. The van der Waals surface area contributed by atoms with Gasteiger partial charge in [-0.2, -0.15) is 0 Å². The molecule has 37 heavy (non-hydrogen) atoms. The molecule has 3 aromatic rings. The zero-order valence-electron chi connectivity index (χ0n) is 20.9. The van der Waals surface area contributed by atoms with E-state index < -0.39 is 6.09 Å². The fourth-order valence-electron chi connectivity index (χ4n) is 4.43. The lowest BCUT2D eigenvalue weighted by Crippen LogP contribution is -2.44. The highest BCUT2D eigenvalue weighted by Crippen LogP contribution is 2.21. The minimum Gasteiger partial charge on any atom is -0.489 e. The van der Waals surface area contributed by atoms with E-state index in [1.807, 2.05) is 54.6 Å². The number of amides is 1. The number of hydrogen-bond donors (Lipinski definition) is 1. The normalized spacial score (nSPS) is 17.4. The van der Waals surface area contributed by atoms with E-state index in [0.29, 0.717) is 45.1 Å². The van der Waals surface area contributed by atoms with Gasteiger partial charge in [0.1, 0.15) is 19.0 Å². The average Bonchev–Trinajstić information content (AvgIpc) is 3.30. The molecule has 1 N–H and O–H groups in total. The van der Waals surface area contributed by atoms with Crippen molar-refractivity contribution in [1.82, 2.24) is 14.8 Å². The Bertz CT molecular complexity index is 1270. The molecule has 0 unspecified atom stereocenters. The van der Waals surface area contributed by atoms with Crippen LogP contribution in [0.25, 0.3) is 10.9 Å². The number of hydrogen-bond acceptors (Lipinski definition) is 6. The number of alkyl carbamates (subject to hydrolysis) is 1. The van der Waals surface area contributed by atoms with Crippen molar-refractivity contribution in [3.05, 3.63) is 102 Å². The van der Waals surface area contributed by atoms with Crippen molar-refractivity contribution in [2.75, 3.05) is 32.8 Å². The SMILES string of the molecule is C=CCOc1ccc2ccc(=O)n(CCN3C[C@@H](NC(=O)OCc4ccccc4)[C@H](OCC=C)C3)c2c1. The van der Waals surface area contributed by atoms with Crippen molar-refractivity contribution >= 4 is 17.0 Å². The molecule has 1 fully saturated rings. The van der Waals surface area contributed by atoms with E-state index in [1.165, 1.54) is 0 Å². The van der Waals surface area contributed by atoms with Crippen molar-refractivity contribution in [1.29, 1.82) is 0 Å². The lowest BCUT2D eigenvalue weighted by atomic mass is 10.2. The number of benzene rings is 2. The quantitative estimate of drug-likeness (QED) is 0.379. The summed E-state index contributed by atoms with van der Waals surface area (Å²) in [6.07, 6.45) is 2.67. The van der Waals surface area contributed by atoms with E-state index in [2.05, 4.69) is 23.4 Å². The van der Waals surface area contributed by atoms with Gasteiger partial charge in [-0.1, -0.05) is 49.1 Å². The van der Waals surface area contributed by atoms with Crippen LogP contribution in [-0.2, 0) is 22.6 Å². The second-order valence-electron chi connectivity index (χ2n) is 8.88. The van der Waals surface area contributed by atoms with Gasteiger partial charge in [0.05, 0.1) is 24.3 Å². The summed E-state index contributed by atoms with van der Waals surface area (Å²) in [6, 6.07) is 18.4. The van der Waals surface area contributed by atoms with Crippen molar-refractivity contribution in [2.24, 2.45) is 0 Å². The van der Waals surface area contributed by atoms with Gasteiger partial charge in [0.15, 0.2) is 0 Å². The summed E-state index contributed by atoms with van der Waals surface area (Å²) in [7, 11) is 0. The first-order valence-corrected chi connectivity index (χ1v) is 12.4. The third-order valence-electron chi connectivity index (χ3n) is 6.26. The summed E-state index contributed by atoms with van der Waals surface area (Å²) < 4.78 is 18.8. The number of likely N-dealkylation sites (tertiary alicyclic amines) is 1. The van der Waals surface area contributed by atoms with E-state index in [0.717, 1.165) is 16.5 Å². The Morgan fingerprint density at radius 1 is 1.00 bits per heavy atom.